The van der Waals surface area contributed by atoms with Gasteiger partial charge in [-0.05, 0) is 30.5 Å². The van der Waals surface area contributed by atoms with E-state index in [0.717, 1.165) is 13.1 Å². The number of benzene rings is 1. The molecule has 2 rings (SSSR count). The van der Waals surface area contributed by atoms with Crippen LogP contribution in [0.4, 0.5) is 0 Å². The molecule has 0 radical (unpaired) electrons. The maximum atomic E-state index is 11.5. The van der Waals surface area contributed by atoms with Gasteiger partial charge >= 0.3 is 5.97 Å². The van der Waals surface area contributed by atoms with Crippen LogP contribution >= 0.6 is 0 Å². The summed E-state index contributed by atoms with van der Waals surface area (Å²) in [5.41, 5.74) is 3.88. The number of rotatable bonds is 3. The van der Waals surface area contributed by atoms with E-state index in [2.05, 4.69) is 36.9 Å². The van der Waals surface area contributed by atoms with Crippen molar-refractivity contribution in [3.8, 4) is 0 Å². The van der Waals surface area contributed by atoms with Crippen LogP contribution in [0.5, 0.6) is 0 Å². The molecule has 4 heteroatoms. The average Bonchev–Trinajstić information content (AvgIpc) is 2.42. The van der Waals surface area contributed by atoms with E-state index in [-0.39, 0.29) is 5.97 Å². The number of carbonyl (C=O) groups is 1. The number of ether oxygens (including phenoxy) is 2. The van der Waals surface area contributed by atoms with Crippen LogP contribution < -0.4 is 0 Å². The molecule has 0 amide bonds. The first-order chi connectivity index (χ1) is 9.10. The smallest absolute Gasteiger partial charge is 0.336 e. The third-order valence-corrected chi connectivity index (χ3v) is 3.59. The third kappa shape index (κ3) is 3.55. The zero-order chi connectivity index (χ0) is 13.8. The minimum Gasteiger partial charge on any atom is -0.467 e. The van der Waals surface area contributed by atoms with Crippen LogP contribution in [0.15, 0.2) is 18.2 Å². The van der Waals surface area contributed by atoms with E-state index in [0.29, 0.717) is 13.2 Å². The summed E-state index contributed by atoms with van der Waals surface area (Å²) >= 11 is 0. The van der Waals surface area contributed by atoms with Crippen LogP contribution in [0.25, 0.3) is 0 Å². The van der Waals surface area contributed by atoms with E-state index in [1.54, 1.807) is 0 Å². The first-order valence-corrected chi connectivity index (χ1v) is 6.58. The van der Waals surface area contributed by atoms with Crippen molar-refractivity contribution in [1.82, 2.24) is 4.90 Å². The molecule has 0 aromatic heterocycles. The zero-order valence-corrected chi connectivity index (χ0v) is 11.8. The molecule has 104 valence electrons. The second kappa shape index (κ2) is 6.17. The minimum atomic E-state index is -0.453. The van der Waals surface area contributed by atoms with E-state index < -0.39 is 6.10 Å². The fourth-order valence-electron chi connectivity index (χ4n) is 2.28. The van der Waals surface area contributed by atoms with E-state index in [4.69, 9.17) is 9.47 Å². The van der Waals surface area contributed by atoms with Crippen molar-refractivity contribution in [3.05, 3.63) is 34.9 Å². The first-order valence-electron chi connectivity index (χ1n) is 6.58. The Bertz CT molecular complexity index is 459. The van der Waals surface area contributed by atoms with E-state index in [1.165, 1.54) is 23.8 Å². The monoisotopic (exact) mass is 263 g/mol. The summed E-state index contributed by atoms with van der Waals surface area (Å²) in [5, 5.41) is 0. The predicted molar refractivity (Wildman–Crippen MR) is 72.9 cm³/mol. The van der Waals surface area contributed by atoms with Gasteiger partial charge in [0.1, 0.15) is 0 Å². The van der Waals surface area contributed by atoms with Crippen LogP contribution in [0.2, 0.25) is 0 Å². The second-order valence-corrected chi connectivity index (χ2v) is 5.04. The maximum Gasteiger partial charge on any atom is 0.336 e. The van der Waals surface area contributed by atoms with Crippen LogP contribution in [0.1, 0.15) is 16.7 Å². The fourth-order valence-corrected chi connectivity index (χ4v) is 2.28. The highest BCUT2D eigenvalue weighted by atomic mass is 16.6. The van der Waals surface area contributed by atoms with Gasteiger partial charge < -0.3 is 9.47 Å². The Labute approximate surface area is 114 Å². The molecule has 4 nitrogen and oxygen atoms in total. The van der Waals surface area contributed by atoms with Gasteiger partial charge in [0.15, 0.2) is 6.10 Å². The molecule has 1 aliphatic rings. The highest BCUT2D eigenvalue weighted by molar-refractivity contribution is 5.74. The highest BCUT2D eigenvalue weighted by Crippen LogP contribution is 2.14. The summed E-state index contributed by atoms with van der Waals surface area (Å²) in [6.45, 7) is 7.10. The van der Waals surface area contributed by atoms with Gasteiger partial charge in [-0.25, -0.2) is 4.79 Å². The number of hydrogen-bond donors (Lipinski definition) is 0. The van der Waals surface area contributed by atoms with Crippen LogP contribution in [0, 0.1) is 13.8 Å². The molecule has 1 aromatic rings. The standard InChI is InChI=1S/C15H21NO3/c1-11-4-5-13(8-12(11)2)9-16-6-7-19-14(10-16)15(17)18-3/h4-5,8,14H,6-7,9-10H2,1-3H3. The number of nitrogens with zero attached hydrogens (tertiary/aromatic N) is 1. The van der Waals surface area contributed by atoms with Crippen molar-refractivity contribution in [1.29, 1.82) is 0 Å². The number of hydrogen-bond acceptors (Lipinski definition) is 4. The third-order valence-electron chi connectivity index (χ3n) is 3.59. The number of carbonyl (C=O) groups excluding carboxylic acids is 1. The first kappa shape index (κ1) is 14.0. The normalized spacial score (nSPS) is 20.3. The van der Waals surface area contributed by atoms with Crippen molar-refractivity contribution >= 4 is 5.97 Å². The van der Waals surface area contributed by atoms with Gasteiger partial charge in [0.05, 0.1) is 13.7 Å². The Morgan fingerprint density at radius 3 is 2.89 bits per heavy atom. The summed E-state index contributed by atoms with van der Waals surface area (Å²) in [6, 6.07) is 6.49. The van der Waals surface area contributed by atoms with E-state index in [1.807, 2.05) is 0 Å². The topological polar surface area (TPSA) is 38.8 Å². The average molecular weight is 263 g/mol. The molecule has 1 saturated heterocycles. The lowest BCUT2D eigenvalue weighted by Gasteiger charge is -2.31. The van der Waals surface area contributed by atoms with Crippen molar-refractivity contribution in [2.75, 3.05) is 26.8 Å². The summed E-state index contributed by atoms with van der Waals surface area (Å²) in [7, 11) is 1.40. The Kier molecular flexibility index (Phi) is 4.56. The molecular formula is C15H21NO3. The Hall–Kier alpha value is -1.39. The Morgan fingerprint density at radius 1 is 1.42 bits per heavy atom. The molecule has 1 heterocycles. The summed E-state index contributed by atoms with van der Waals surface area (Å²) in [5.74, 6) is -0.287. The SMILES string of the molecule is COC(=O)C1CN(Cc2ccc(C)c(C)c2)CCO1. The minimum absolute atomic E-state index is 0.287. The number of morpholine rings is 1. The van der Waals surface area contributed by atoms with Gasteiger partial charge in [-0.15, -0.1) is 0 Å². The van der Waals surface area contributed by atoms with Gasteiger partial charge in [0.25, 0.3) is 0 Å². The summed E-state index contributed by atoms with van der Waals surface area (Å²) in [4.78, 5) is 13.7. The van der Waals surface area contributed by atoms with Crippen LogP contribution in [-0.4, -0.2) is 43.8 Å². The molecule has 0 aliphatic carbocycles. The Morgan fingerprint density at radius 2 is 2.21 bits per heavy atom. The number of esters is 1. The predicted octanol–water partition coefficient (Wildman–Crippen LogP) is 1.68. The molecule has 1 atom stereocenters. The quantitative estimate of drug-likeness (QED) is 0.778. The molecule has 0 N–H and O–H groups in total. The highest BCUT2D eigenvalue weighted by Gasteiger charge is 2.27. The van der Waals surface area contributed by atoms with Gasteiger partial charge in [-0.1, -0.05) is 18.2 Å². The molecular weight excluding hydrogens is 242 g/mol. The second-order valence-electron chi connectivity index (χ2n) is 5.04. The number of aryl methyl sites for hydroxylation is 2. The molecule has 1 aliphatic heterocycles. The lowest BCUT2D eigenvalue weighted by molar-refractivity contribution is -0.160. The van der Waals surface area contributed by atoms with Crippen molar-refractivity contribution in [2.45, 2.75) is 26.5 Å². The molecule has 1 fully saturated rings. The molecule has 1 aromatic carbocycles. The lowest BCUT2D eigenvalue weighted by Crippen LogP contribution is -2.46. The van der Waals surface area contributed by atoms with E-state index in [9.17, 15) is 4.79 Å². The molecule has 1 unspecified atom stereocenters. The van der Waals surface area contributed by atoms with Gasteiger partial charge in [-0.2, -0.15) is 0 Å². The molecule has 0 saturated carbocycles. The van der Waals surface area contributed by atoms with Gasteiger partial charge in [0, 0.05) is 19.6 Å². The lowest BCUT2D eigenvalue weighted by atomic mass is 10.1. The molecule has 0 spiro atoms. The van der Waals surface area contributed by atoms with Crippen molar-refractivity contribution < 1.29 is 14.3 Å². The zero-order valence-electron chi connectivity index (χ0n) is 11.8. The largest absolute Gasteiger partial charge is 0.467 e. The van der Waals surface area contributed by atoms with E-state index >= 15 is 0 Å². The number of methoxy groups -OCH3 is 1. The maximum absolute atomic E-state index is 11.5. The fraction of sp³-hybridized carbons (Fsp3) is 0.533. The van der Waals surface area contributed by atoms with Crippen molar-refractivity contribution in [2.24, 2.45) is 0 Å². The van der Waals surface area contributed by atoms with Crippen LogP contribution in [0.3, 0.4) is 0 Å². The molecule has 0 bridgehead atoms. The van der Waals surface area contributed by atoms with Crippen LogP contribution in [-0.2, 0) is 20.8 Å². The van der Waals surface area contributed by atoms with Gasteiger partial charge in [-0.3, -0.25) is 4.90 Å². The van der Waals surface area contributed by atoms with Crippen molar-refractivity contribution in [3.63, 3.8) is 0 Å². The summed E-state index contributed by atoms with van der Waals surface area (Å²) in [6.07, 6.45) is -0.453. The summed E-state index contributed by atoms with van der Waals surface area (Å²) < 4.78 is 10.2. The molecule has 19 heavy (non-hydrogen) atoms. The van der Waals surface area contributed by atoms with Gasteiger partial charge in [0.2, 0.25) is 0 Å². The Balaban J connectivity index is 1.98.